The lowest BCUT2D eigenvalue weighted by Crippen LogP contribution is -2.23. The minimum Gasteiger partial charge on any atom is -0.267 e. The number of hydrogen-bond donors (Lipinski definition) is 0. The molecule has 0 saturated heterocycles. The largest absolute Gasteiger partial charge is 0.274 e. The molecule has 0 unspecified atom stereocenters. The van der Waals surface area contributed by atoms with Gasteiger partial charge in [0.05, 0.1) is 12.2 Å². The highest BCUT2D eigenvalue weighted by molar-refractivity contribution is 5.38. The lowest BCUT2D eigenvalue weighted by Gasteiger charge is -2.14. The van der Waals surface area contributed by atoms with Crippen LogP contribution < -0.4 is 5.56 Å². The van der Waals surface area contributed by atoms with Gasteiger partial charge in [-0.15, -0.1) is 0 Å². The summed E-state index contributed by atoms with van der Waals surface area (Å²) in [6.07, 6.45) is 0. The van der Waals surface area contributed by atoms with E-state index in [4.69, 9.17) is 0 Å². The molecule has 0 atom stereocenters. The van der Waals surface area contributed by atoms with Crippen LogP contribution in [-0.4, -0.2) is 19.2 Å². The summed E-state index contributed by atoms with van der Waals surface area (Å²) in [5.74, 6) is 1.47. The highest BCUT2D eigenvalue weighted by Gasteiger charge is 2.15. The maximum Gasteiger partial charge on any atom is 0.274 e. The van der Waals surface area contributed by atoms with Crippen LogP contribution in [0.2, 0.25) is 0 Å². The summed E-state index contributed by atoms with van der Waals surface area (Å²) < 4.78 is 3.50. The van der Waals surface area contributed by atoms with Crippen LogP contribution in [0.4, 0.5) is 0 Å². The molecule has 2 heterocycles. The van der Waals surface area contributed by atoms with Crippen LogP contribution in [0.25, 0.3) is 5.78 Å². The quantitative estimate of drug-likeness (QED) is 0.743. The predicted molar refractivity (Wildman–Crippen MR) is 95.8 cm³/mol. The Morgan fingerprint density at radius 2 is 1.62 bits per heavy atom. The molecule has 0 aliphatic heterocycles. The van der Waals surface area contributed by atoms with E-state index in [1.54, 1.807) is 10.6 Å². The Hall–Kier alpha value is -2.43. The maximum atomic E-state index is 12.6. The average Bonchev–Trinajstić information content (AvgIpc) is 2.78. The molecule has 0 aliphatic rings. The van der Waals surface area contributed by atoms with Crippen LogP contribution in [0, 0.1) is 27.7 Å². The molecular weight excluding hydrogens is 300 g/mol. The molecule has 0 spiro atoms. The molecule has 5 heteroatoms. The first-order valence-corrected chi connectivity index (χ1v) is 8.31. The van der Waals surface area contributed by atoms with E-state index < -0.39 is 0 Å². The van der Waals surface area contributed by atoms with Crippen molar-refractivity contribution in [2.45, 2.75) is 54.0 Å². The van der Waals surface area contributed by atoms with E-state index in [1.807, 2.05) is 25.5 Å². The van der Waals surface area contributed by atoms with Crippen molar-refractivity contribution in [2.75, 3.05) is 0 Å². The summed E-state index contributed by atoms with van der Waals surface area (Å²) in [4.78, 5) is 21.7. The van der Waals surface area contributed by atoms with Crippen molar-refractivity contribution in [3.8, 4) is 0 Å². The molecule has 0 N–H and O–H groups in total. The van der Waals surface area contributed by atoms with Gasteiger partial charge in [-0.25, -0.2) is 4.98 Å². The minimum absolute atomic E-state index is 0.0771. The third kappa shape index (κ3) is 2.75. The zero-order valence-corrected chi connectivity index (χ0v) is 15.2. The van der Waals surface area contributed by atoms with Gasteiger partial charge >= 0.3 is 0 Å². The summed E-state index contributed by atoms with van der Waals surface area (Å²) in [5, 5.41) is 0. The first-order valence-electron chi connectivity index (χ1n) is 8.31. The molecule has 0 saturated carbocycles. The van der Waals surface area contributed by atoms with Crippen molar-refractivity contribution in [1.29, 1.82) is 0 Å². The van der Waals surface area contributed by atoms with Crippen LogP contribution in [0.15, 0.2) is 23.0 Å². The third-order valence-corrected chi connectivity index (χ3v) is 4.52. The van der Waals surface area contributed by atoms with Gasteiger partial charge in [-0.3, -0.25) is 9.48 Å². The zero-order valence-electron chi connectivity index (χ0n) is 15.2. The molecular formula is C19H24N4O. The highest BCUT2D eigenvalue weighted by atomic mass is 16.1. The molecule has 0 amide bonds. The second kappa shape index (κ2) is 5.89. The number of aromatic nitrogens is 4. The number of benzene rings is 1. The van der Waals surface area contributed by atoms with Crippen molar-refractivity contribution in [2.24, 2.45) is 0 Å². The van der Waals surface area contributed by atoms with Gasteiger partial charge in [0.25, 0.3) is 11.3 Å². The fraction of sp³-hybridized carbons (Fsp3) is 0.421. The fourth-order valence-corrected chi connectivity index (χ4v) is 3.22. The van der Waals surface area contributed by atoms with E-state index in [2.05, 4.69) is 42.9 Å². The van der Waals surface area contributed by atoms with Gasteiger partial charge in [-0.2, -0.15) is 9.50 Å². The van der Waals surface area contributed by atoms with Crippen molar-refractivity contribution >= 4 is 5.78 Å². The van der Waals surface area contributed by atoms with Gasteiger partial charge in [0.2, 0.25) is 0 Å². The Morgan fingerprint density at radius 3 is 2.21 bits per heavy atom. The number of hydrogen-bond acceptors (Lipinski definition) is 3. The monoisotopic (exact) mass is 324 g/mol. The molecule has 1 aromatic carbocycles. The first kappa shape index (κ1) is 16.4. The maximum absolute atomic E-state index is 12.6. The SMILES string of the molecule is Cc1cc(C)c(Cn2c(C)nc3nc(C(C)C)cc(=O)n32)c(C)c1. The van der Waals surface area contributed by atoms with E-state index in [-0.39, 0.29) is 11.5 Å². The molecule has 3 aromatic rings. The molecule has 3 rings (SSSR count). The Bertz CT molecular complexity index is 956. The van der Waals surface area contributed by atoms with Gasteiger partial charge < -0.3 is 0 Å². The lowest BCUT2D eigenvalue weighted by atomic mass is 10.00. The van der Waals surface area contributed by atoms with Gasteiger partial charge in [-0.1, -0.05) is 31.5 Å². The van der Waals surface area contributed by atoms with Gasteiger partial charge in [0, 0.05) is 6.07 Å². The van der Waals surface area contributed by atoms with Gasteiger partial charge in [-0.05, 0) is 50.3 Å². The van der Waals surface area contributed by atoms with E-state index >= 15 is 0 Å². The van der Waals surface area contributed by atoms with Gasteiger partial charge in [0.15, 0.2) is 0 Å². The molecule has 24 heavy (non-hydrogen) atoms. The molecule has 126 valence electrons. The van der Waals surface area contributed by atoms with Crippen LogP contribution in [0.5, 0.6) is 0 Å². The Labute approximate surface area is 142 Å². The van der Waals surface area contributed by atoms with Crippen molar-refractivity contribution in [3.05, 3.63) is 62.3 Å². The molecule has 2 aromatic heterocycles. The Kier molecular flexibility index (Phi) is 4.03. The van der Waals surface area contributed by atoms with Crippen LogP contribution >= 0.6 is 0 Å². The summed E-state index contributed by atoms with van der Waals surface area (Å²) in [7, 11) is 0. The molecule has 0 fully saturated rings. The summed E-state index contributed by atoms with van der Waals surface area (Å²) in [5.41, 5.74) is 5.64. The Balaban J connectivity index is 2.18. The zero-order chi connectivity index (χ0) is 17.6. The standard InChI is InChI=1S/C19H24N4O/c1-11(2)17-9-18(24)23-19(21-17)20-15(6)22(23)10-16-13(4)7-12(3)8-14(16)5/h7-9,11H,10H2,1-6H3. The minimum atomic E-state index is -0.0771. The summed E-state index contributed by atoms with van der Waals surface area (Å²) >= 11 is 0. The van der Waals surface area contributed by atoms with E-state index in [1.165, 1.54) is 22.3 Å². The second-order valence-corrected chi connectivity index (χ2v) is 6.88. The molecule has 5 nitrogen and oxygen atoms in total. The number of rotatable bonds is 3. The molecule has 0 bridgehead atoms. The number of fused-ring (bicyclic) bond motifs is 1. The van der Waals surface area contributed by atoms with Gasteiger partial charge in [0.1, 0.15) is 5.82 Å². The fourth-order valence-electron chi connectivity index (χ4n) is 3.22. The summed E-state index contributed by atoms with van der Waals surface area (Å²) in [6, 6.07) is 5.97. The van der Waals surface area contributed by atoms with Crippen LogP contribution in [0.3, 0.4) is 0 Å². The van der Waals surface area contributed by atoms with E-state index in [0.717, 1.165) is 11.5 Å². The van der Waals surface area contributed by atoms with E-state index in [0.29, 0.717) is 12.3 Å². The van der Waals surface area contributed by atoms with Crippen molar-refractivity contribution in [1.82, 2.24) is 19.2 Å². The summed E-state index contributed by atoms with van der Waals surface area (Å²) in [6.45, 7) is 12.9. The molecule has 0 aliphatic carbocycles. The third-order valence-electron chi connectivity index (χ3n) is 4.52. The lowest BCUT2D eigenvalue weighted by molar-refractivity contribution is 0.594. The topological polar surface area (TPSA) is 52.2 Å². The van der Waals surface area contributed by atoms with Crippen LogP contribution in [-0.2, 0) is 6.54 Å². The first-order chi connectivity index (χ1) is 11.3. The second-order valence-electron chi connectivity index (χ2n) is 6.88. The smallest absolute Gasteiger partial charge is 0.267 e. The Morgan fingerprint density at radius 1 is 1.00 bits per heavy atom. The van der Waals surface area contributed by atoms with Crippen molar-refractivity contribution < 1.29 is 0 Å². The van der Waals surface area contributed by atoms with E-state index in [9.17, 15) is 4.79 Å². The van der Waals surface area contributed by atoms with Crippen molar-refractivity contribution in [3.63, 3.8) is 0 Å². The average molecular weight is 324 g/mol. The highest BCUT2D eigenvalue weighted by Crippen LogP contribution is 2.19. The normalized spacial score (nSPS) is 11.6. The van der Waals surface area contributed by atoms with Crippen LogP contribution in [0.1, 0.15) is 53.5 Å². The predicted octanol–water partition coefficient (Wildman–Crippen LogP) is 3.30. The number of aryl methyl sites for hydroxylation is 4. The number of nitrogens with zero attached hydrogens (tertiary/aromatic N) is 4. The molecule has 0 radical (unpaired) electrons.